The highest BCUT2D eigenvalue weighted by molar-refractivity contribution is 5.95. The zero-order chi connectivity index (χ0) is 15.6. The second-order valence-corrected chi connectivity index (χ2v) is 4.50. The molecule has 2 aromatic rings. The standard InChI is InChI=1S/C15H18N2O4/c1-8-10(15(16)18)7-11(17-8)9-5-12(19-2)14(21-4)13(6-9)20-3/h5-7,17H,1-4H3,(H2,16,18). The molecule has 1 aromatic carbocycles. The Labute approximate surface area is 122 Å². The van der Waals surface area contributed by atoms with Crippen LogP contribution in [0, 0.1) is 6.92 Å². The highest BCUT2D eigenvalue weighted by Crippen LogP contribution is 2.41. The van der Waals surface area contributed by atoms with Gasteiger partial charge in [0.1, 0.15) is 0 Å². The number of nitrogens with two attached hydrogens (primary N) is 1. The molecule has 2 rings (SSSR count). The zero-order valence-electron chi connectivity index (χ0n) is 12.4. The maximum atomic E-state index is 11.3. The van der Waals surface area contributed by atoms with Crippen molar-refractivity contribution >= 4 is 5.91 Å². The molecule has 1 amide bonds. The molecule has 0 saturated heterocycles. The molecule has 112 valence electrons. The predicted octanol–water partition coefficient (Wildman–Crippen LogP) is 2.11. The molecule has 0 unspecified atom stereocenters. The van der Waals surface area contributed by atoms with Gasteiger partial charge in [-0.2, -0.15) is 0 Å². The smallest absolute Gasteiger partial charge is 0.250 e. The molecule has 0 aliphatic rings. The van der Waals surface area contributed by atoms with Crippen LogP contribution >= 0.6 is 0 Å². The summed E-state index contributed by atoms with van der Waals surface area (Å²) in [5.74, 6) is 1.13. The summed E-state index contributed by atoms with van der Waals surface area (Å²) in [6.45, 7) is 1.79. The van der Waals surface area contributed by atoms with Crippen LogP contribution in [-0.4, -0.2) is 32.2 Å². The Morgan fingerprint density at radius 3 is 2.00 bits per heavy atom. The van der Waals surface area contributed by atoms with Gasteiger partial charge in [-0.05, 0) is 25.1 Å². The van der Waals surface area contributed by atoms with Gasteiger partial charge in [0.15, 0.2) is 11.5 Å². The maximum Gasteiger partial charge on any atom is 0.250 e. The average Bonchev–Trinajstić information content (AvgIpc) is 2.87. The van der Waals surface area contributed by atoms with Gasteiger partial charge in [0.05, 0.1) is 26.9 Å². The van der Waals surface area contributed by atoms with E-state index in [9.17, 15) is 4.79 Å². The van der Waals surface area contributed by atoms with Crippen LogP contribution in [0.15, 0.2) is 18.2 Å². The number of methoxy groups -OCH3 is 3. The normalized spacial score (nSPS) is 10.3. The first kappa shape index (κ1) is 14.8. The van der Waals surface area contributed by atoms with Gasteiger partial charge in [0, 0.05) is 17.0 Å². The molecule has 0 fully saturated rings. The lowest BCUT2D eigenvalue weighted by atomic mass is 10.1. The number of ether oxygens (including phenoxy) is 3. The summed E-state index contributed by atoms with van der Waals surface area (Å²) in [6.07, 6.45) is 0. The SMILES string of the molecule is COc1cc(-c2cc(C(N)=O)c(C)[nH]2)cc(OC)c1OC. The number of nitrogens with one attached hydrogen (secondary N) is 1. The summed E-state index contributed by atoms with van der Waals surface area (Å²) >= 11 is 0. The second-order valence-electron chi connectivity index (χ2n) is 4.50. The van der Waals surface area contributed by atoms with E-state index in [1.807, 2.05) is 0 Å². The van der Waals surface area contributed by atoms with E-state index in [2.05, 4.69) is 4.98 Å². The van der Waals surface area contributed by atoms with Crippen LogP contribution in [0.2, 0.25) is 0 Å². The number of carbonyl (C=O) groups is 1. The van der Waals surface area contributed by atoms with E-state index in [0.29, 0.717) is 28.5 Å². The molecule has 3 N–H and O–H groups in total. The minimum absolute atomic E-state index is 0.457. The predicted molar refractivity (Wildman–Crippen MR) is 79.1 cm³/mol. The Hall–Kier alpha value is -2.63. The number of primary amides is 1. The van der Waals surface area contributed by atoms with Crippen LogP contribution in [0.25, 0.3) is 11.3 Å². The highest BCUT2D eigenvalue weighted by atomic mass is 16.5. The number of hydrogen-bond acceptors (Lipinski definition) is 4. The fraction of sp³-hybridized carbons (Fsp3) is 0.267. The fourth-order valence-corrected chi connectivity index (χ4v) is 2.21. The molecular weight excluding hydrogens is 272 g/mol. The van der Waals surface area contributed by atoms with Crippen molar-refractivity contribution in [2.45, 2.75) is 6.92 Å². The molecule has 0 saturated carbocycles. The second kappa shape index (κ2) is 5.78. The van der Waals surface area contributed by atoms with Crippen molar-refractivity contribution in [3.63, 3.8) is 0 Å². The molecule has 0 bridgehead atoms. The number of carbonyl (C=O) groups excluding carboxylic acids is 1. The van der Waals surface area contributed by atoms with Crippen LogP contribution < -0.4 is 19.9 Å². The third kappa shape index (κ3) is 2.65. The van der Waals surface area contributed by atoms with Gasteiger partial charge < -0.3 is 24.9 Å². The summed E-state index contributed by atoms with van der Waals surface area (Å²) < 4.78 is 15.9. The summed E-state index contributed by atoms with van der Waals surface area (Å²) in [7, 11) is 4.65. The molecule has 1 heterocycles. The first-order valence-corrected chi connectivity index (χ1v) is 6.31. The van der Waals surface area contributed by atoms with Gasteiger partial charge in [0.2, 0.25) is 5.75 Å². The average molecular weight is 290 g/mol. The van der Waals surface area contributed by atoms with Gasteiger partial charge in [-0.1, -0.05) is 0 Å². The number of rotatable bonds is 5. The molecule has 0 spiro atoms. The van der Waals surface area contributed by atoms with E-state index in [1.54, 1.807) is 46.5 Å². The zero-order valence-corrected chi connectivity index (χ0v) is 12.4. The van der Waals surface area contributed by atoms with Crippen LogP contribution in [0.1, 0.15) is 16.1 Å². The first-order valence-electron chi connectivity index (χ1n) is 6.31. The quantitative estimate of drug-likeness (QED) is 0.883. The van der Waals surface area contributed by atoms with E-state index in [4.69, 9.17) is 19.9 Å². The molecule has 0 atom stereocenters. The lowest BCUT2D eigenvalue weighted by Crippen LogP contribution is -2.10. The van der Waals surface area contributed by atoms with Gasteiger partial charge in [-0.25, -0.2) is 0 Å². The molecule has 0 aliphatic heterocycles. The molecule has 6 nitrogen and oxygen atoms in total. The molecule has 0 aliphatic carbocycles. The highest BCUT2D eigenvalue weighted by Gasteiger charge is 2.16. The minimum Gasteiger partial charge on any atom is -0.493 e. The van der Waals surface area contributed by atoms with Crippen LogP contribution in [0.5, 0.6) is 17.2 Å². The van der Waals surface area contributed by atoms with Gasteiger partial charge in [0.25, 0.3) is 5.91 Å². The Kier molecular flexibility index (Phi) is 4.07. The van der Waals surface area contributed by atoms with Crippen molar-refractivity contribution in [2.24, 2.45) is 5.73 Å². The lowest BCUT2D eigenvalue weighted by molar-refractivity contribution is 0.1000. The summed E-state index contributed by atoms with van der Waals surface area (Å²) in [6, 6.07) is 5.31. The number of benzene rings is 1. The number of aromatic nitrogens is 1. The molecule has 6 heteroatoms. The Morgan fingerprint density at radius 1 is 1.05 bits per heavy atom. The lowest BCUT2D eigenvalue weighted by Gasteiger charge is -2.13. The number of aryl methyl sites for hydroxylation is 1. The van der Waals surface area contributed by atoms with Gasteiger partial charge in [-0.3, -0.25) is 4.79 Å². The third-order valence-electron chi connectivity index (χ3n) is 3.26. The summed E-state index contributed by atoms with van der Waals surface area (Å²) in [5.41, 5.74) is 8.06. The largest absolute Gasteiger partial charge is 0.493 e. The molecular formula is C15H18N2O4. The van der Waals surface area contributed by atoms with Crippen molar-refractivity contribution < 1.29 is 19.0 Å². The van der Waals surface area contributed by atoms with Gasteiger partial charge >= 0.3 is 0 Å². The summed E-state index contributed by atoms with van der Waals surface area (Å²) in [5, 5.41) is 0. The number of amides is 1. The Bertz CT molecular complexity index is 651. The van der Waals surface area contributed by atoms with E-state index >= 15 is 0 Å². The maximum absolute atomic E-state index is 11.3. The van der Waals surface area contributed by atoms with Crippen molar-refractivity contribution in [1.82, 2.24) is 4.98 Å². The minimum atomic E-state index is -0.470. The topological polar surface area (TPSA) is 86.6 Å². The molecule has 0 radical (unpaired) electrons. The Morgan fingerprint density at radius 2 is 1.62 bits per heavy atom. The fourth-order valence-electron chi connectivity index (χ4n) is 2.21. The van der Waals surface area contributed by atoms with Crippen molar-refractivity contribution in [3.8, 4) is 28.5 Å². The van der Waals surface area contributed by atoms with E-state index in [-0.39, 0.29) is 0 Å². The molecule has 1 aromatic heterocycles. The van der Waals surface area contributed by atoms with Crippen molar-refractivity contribution in [2.75, 3.05) is 21.3 Å². The van der Waals surface area contributed by atoms with Crippen molar-refractivity contribution in [3.05, 3.63) is 29.5 Å². The number of aromatic amines is 1. The monoisotopic (exact) mass is 290 g/mol. The van der Waals surface area contributed by atoms with E-state index in [1.165, 1.54) is 0 Å². The van der Waals surface area contributed by atoms with E-state index < -0.39 is 5.91 Å². The van der Waals surface area contributed by atoms with Crippen LogP contribution in [0.3, 0.4) is 0 Å². The third-order valence-corrected chi connectivity index (χ3v) is 3.26. The number of hydrogen-bond donors (Lipinski definition) is 2. The first-order chi connectivity index (χ1) is 10.0. The van der Waals surface area contributed by atoms with E-state index in [0.717, 1.165) is 11.3 Å². The van der Waals surface area contributed by atoms with Crippen LogP contribution in [-0.2, 0) is 0 Å². The molecule has 21 heavy (non-hydrogen) atoms. The van der Waals surface area contributed by atoms with Gasteiger partial charge in [-0.15, -0.1) is 0 Å². The summed E-state index contributed by atoms with van der Waals surface area (Å²) in [4.78, 5) is 14.5. The van der Waals surface area contributed by atoms with Crippen LogP contribution in [0.4, 0.5) is 0 Å². The van der Waals surface area contributed by atoms with Crippen molar-refractivity contribution in [1.29, 1.82) is 0 Å². The number of H-pyrrole nitrogens is 1. The Balaban J connectivity index is 2.59.